The number of aliphatic hydroxyl groups is 2. The van der Waals surface area contributed by atoms with Gasteiger partial charge in [-0.3, -0.25) is 0 Å². The van der Waals surface area contributed by atoms with Crippen LogP contribution in [0, 0.1) is 0 Å². The van der Waals surface area contributed by atoms with Crippen molar-refractivity contribution in [2.24, 2.45) is 0 Å². The van der Waals surface area contributed by atoms with Crippen LogP contribution >= 0.6 is 0 Å². The first-order valence-electron chi connectivity index (χ1n) is 6.13. The maximum absolute atomic E-state index is 9.26. The number of nitrogens with one attached hydrogen (secondary N) is 1. The number of hydrogen-bond acceptors (Lipinski definition) is 5. The van der Waals surface area contributed by atoms with Crippen LogP contribution < -0.4 is 14.8 Å². The highest BCUT2D eigenvalue weighted by atomic mass is 16.5. The van der Waals surface area contributed by atoms with Gasteiger partial charge in [-0.2, -0.15) is 0 Å². The van der Waals surface area contributed by atoms with Crippen LogP contribution in [0.15, 0.2) is 18.2 Å². The van der Waals surface area contributed by atoms with E-state index in [1.165, 1.54) is 0 Å². The SMILES string of the molecule is CCOc1ccc(NC[C@H](O)CO)cc1OCC. The molecule has 1 rings (SSSR count). The summed E-state index contributed by atoms with van der Waals surface area (Å²) in [6.45, 7) is 4.99. The van der Waals surface area contributed by atoms with E-state index in [0.717, 1.165) is 5.69 Å². The van der Waals surface area contributed by atoms with Crippen LogP contribution in [0.3, 0.4) is 0 Å². The van der Waals surface area contributed by atoms with Crippen molar-refractivity contribution in [2.45, 2.75) is 20.0 Å². The zero-order valence-corrected chi connectivity index (χ0v) is 10.8. The number of anilines is 1. The average Bonchev–Trinajstić information content (AvgIpc) is 2.39. The van der Waals surface area contributed by atoms with Crippen LogP contribution in [0.1, 0.15) is 13.8 Å². The van der Waals surface area contributed by atoms with Gasteiger partial charge in [0.1, 0.15) is 0 Å². The van der Waals surface area contributed by atoms with Gasteiger partial charge in [-0.1, -0.05) is 0 Å². The maximum atomic E-state index is 9.26. The molecule has 0 aliphatic rings. The van der Waals surface area contributed by atoms with E-state index in [1.54, 1.807) is 0 Å². The van der Waals surface area contributed by atoms with Crippen molar-refractivity contribution in [1.29, 1.82) is 0 Å². The maximum Gasteiger partial charge on any atom is 0.163 e. The summed E-state index contributed by atoms with van der Waals surface area (Å²) in [6, 6.07) is 5.48. The molecule has 0 radical (unpaired) electrons. The van der Waals surface area contributed by atoms with Crippen molar-refractivity contribution in [3.8, 4) is 11.5 Å². The van der Waals surface area contributed by atoms with E-state index < -0.39 is 6.10 Å². The Bertz CT molecular complexity index is 357. The molecule has 18 heavy (non-hydrogen) atoms. The molecule has 0 aliphatic carbocycles. The third kappa shape index (κ3) is 4.43. The second-order valence-corrected chi connectivity index (χ2v) is 3.74. The van der Waals surface area contributed by atoms with E-state index >= 15 is 0 Å². The van der Waals surface area contributed by atoms with Crippen molar-refractivity contribution in [2.75, 3.05) is 31.7 Å². The lowest BCUT2D eigenvalue weighted by molar-refractivity contribution is 0.105. The highest BCUT2D eigenvalue weighted by Crippen LogP contribution is 2.30. The van der Waals surface area contributed by atoms with Gasteiger partial charge in [0.2, 0.25) is 0 Å². The lowest BCUT2D eigenvalue weighted by atomic mass is 10.2. The molecule has 102 valence electrons. The molecule has 0 aromatic heterocycles. The van der Waals surface area contributed by atoms with Crippen LogP contribution in [0.4, 0.5) is 5.69 Å². The van der Waals surface area contributed by atoms with Crippen LogP contribution in [0.25, 0.3) is 0 Å². The van der Waals surface area contributed by atoms with E-state index in [4.69, 9.17) is 14.6 Å². The molecule has 0 unspecified atom stereocenters. The molecule has 0 saturated heterocycles. The Morgan fingerprint density at radius 2 is 1.83 bits per heavy atom. The Kier molecular flexibility index (Phi) is 6.32. The molecular formula is C13H21NO4. The summed E-state index contributed by atoms with van der Waals surface area (Å²) in [4.78, 5) is 0. The predicted octanol–water partition coefficient (Wildman–Crippen LogP) is 1.25. The summed E-state index contributed by atoms with van der Waals surface area (Å²) < 4.78 is 10.9. The minimum atomic E-state index is -0.771. The monoisotopic (exact) mass is 255 g/mol. The molecule has 3 N–H and O–H groups in total. The van der Waals surface area contributed by atoms with Gasteiger partial charge in [0, 0.05) is 18.3 Å². The number of rotatable bonds is 8. The molecule has 0 amide bonds. The minimum absolute atomic E-state index is 0.262. The van der Waals surface area contributed by atoms with Crippen LogP contribution in [-0.4, -0.2) is 42.7 Å². The van der Waals surface area contributed by atoms with Gasteiger partial charge in [0.25, 0.3) is 0 Å². The number of ether oxygens (including phenoxy) is 2. The fraction of sp³-hybridized carbons (Fsp3) is 0.538. The highest BCUT2D eigenvalue weighted by Gasteiger charge is 2.07. The Morgan fingerprint density at radius 1 is 1.17 bits per heavy atom. The van der Waals surface area contributed by atoms with Crippen molar-refractivity contribution in [3.05, 3.63) is 18.2 Å². The van der Waals surface area contributed by atoms with Gasteiger partial charge in [0.05, 0.1) is 25.9 Å². The number of hydrogen-bond donors (Lipinski definition) is 3. The third-order valence-corrected chi connectivity index (χ3v) is 2.30. The molecule has 5 heteroatoms. The topological polar surface area (TPSA) is 71.0 Å². The normalized spacial score (nSPS) is 12.0. The van der Waals surface area contributed by atoms with Crippen molar-refractivity contribution < 1.29 is 19.7 Å². The van der Waals surface area contributed by atoms with E-state index in [-0.39, 0.29) is 13.2 Å². The van der Waals surface area contributed by atoms with Gasteiger partial charge < -0.3 is 25.0 Å². The van der Waals surface area contributed by atoms with Crippen LogP contribution in [0.5, 0.6) is 11.5 Å². The summed E-state index contributed by atoms with van der Waals surface area (Å²) >= 11 is 0. The molecule has 0 bridgehead atoms. The Morgan fingerprint density at radius 3 is 2.44 bits per heavy atom. The molecule has 0 saturated carbocycles. The summed E-state index contributed by atoms with van der Waals surface area (Å²) in [5.41, 5.74) is 0.814. The average molecular weight is 255 g/mol. The molecule has 0 aliphatic heterocycles. The number of benzene rings is 1. The van der Waals surface area contributed by atoms with Gasteiger partial charge >= 0.3 is 0 Å². The summed E-state index contributed by atoms with van der Waals surface area (Å²) in [6.07, 6.45) is -0.771. The van der Waals surface area contributed by atoms with Crippen molar-refractivity contribution >= 4 is 5.69 Å². The number of aliphatic hydroxyl groups excluding tert-OH is 2. The lowest BCUT2D eigenvalue weighted by Crippen LogP contribution is -2.22. The highest BCUT2D eigenvalue weighted by molar-refractivity contribution is 5.54. The second kappa shape index (κ2) is 7.79. The Labute approximate surface area is 107 Å². The van der Waals surface area contributed by atoms with Crippen LogP contribution in [-0.2, 0) is 0 Å². The first-order valence-corrected chi connectivity index (χ1v) is 6.13. The van der Waals surface area contributed by atoms with Crippen molar-refractivity contribution in [3.63, 3.8) is 0 Å². The molecule has 0 heterocycles. The molecule has 0 spiro atoms. The standard InChI is InChI=1S/C13H21NO4/c1-3-17-12-6-5-10(7-13(12)18-4-2)14-8-11(16)9-15/h5-7,11,14-16H,3-4,8-9H2,1-2H3/t11-/m0/s1. The Balaban J connectivity index is 2.72. The van der Waals surface area contributed by atoms with Crippen molar-refractivity contribution in [1.82, 2.24) is 0 Å². The largest absolute Gasteiger partial charge is 0.490 e. The zero-order chi connectivity index (χ0) is 13.4. The van der Waals surface area contributed by atoms with E-state index in [9.17, 15) is 5.11 Å². The Hall–Kier alpha value is -1.46. The van der Waals surface area contributed by atoms with Gasteiger partial charge in [-0.15, -0.1) is 0 Å². The van der Waals surface area contributed by atoms with Gasteiger partial charge in [-0.05, 0) is 26.0 Å². The summed E-state index contributed by atoms with van der Waals surface area (Å²) in [7, 11) is 0. The predicted molar refractivity (Wildman–Crippen MR) is 70.4 cm³/mol. The molecule has 1 aromatic rings. The first kappa shape index (κ1) is 14.6. The fourth-order valence-corrected chi connectivity index (χ4v) is 1.46. The summed E-state index contributed by atoms with van der Waals surface area (Å²) in [5.74, 6) is 1.37. The van der Waals surface area contributed by atoms with Crippen LogP contribution in [0.2, 0.25) is 0 Å². The fourth-order valence-electron chi connectivity index (χ4n) is 1.46. The minimum Gasteiger partial charge on any atom is -0.490 e. The third-order valence-electron chi connectivity index (χ3n) is 2.30. The van der Waals surface area contributed by atoms with E-state index in [2.05, 4.69) is 5.32 Å². The molecule has 5 nitrogen and oxygen atoms in total. The molecule has 1 atom stereocenters. The lowest BCUT2D eigenvalue weighted by Gasteiger charge is -2.14. The van der Waals surface area contributed by atoms with Gasteiger partial charge in [0.15, 0.2) is 11.5 Å². The molecule has 0 fully saturated rings. The van der Waals surface area contributed by atoms with E-state index in [0.29, 0.717) is 24.7 Å². The molecular weight excluding hydrogens is 234 g/mol. The smallest absolute Gasteiger partial charge is 0.163 e. The second-order valence-electron chi connectivity index (χ2n) is 3.74. The summed E-state index contributed by atoms with van der Waals surface area (Å²) in [5, 5.41) is 21.0. The quantitative estimate of drug-likeness (QED) is 0.652. The van der Waals surface area contributed by atoms with Gasteiger partial charge in [-0.25, -0.2) is 0 Å². The first-order chi connectivity index (χ1) is 8.71. The van der Waals surface area contributed by atoms with E-state index in [1.807, 2.05) is 32.0 Å². The molecule has 1 aromatic carbocycles. The zero-order valence-electron chi connectivity index (χ0n) is 10.8.